The number of aromatic nitrogens is 2. The first-order chi connectivity index (χ1) is 13.7. The van der Waals surface area contributed by atoms with Crippen LogP contribution in [-0.2, 0) is 11.3 Å². The molecule has 1 fully saturated rings. The number of benzene rings is 2. The van der Waals surface area contributed by atoms with E-state index in [9.17, 15) is 4.79 Å². The molecule has 0 radical (unpaired) electrons. The minimum Gasteiger partial charge on any atom is -0.339 e. The molecule has 3 aromatic rings. The fraction of sp³-hybridized carbons (Fsp3) is 0.364. The largest absolute Gasteiger partial charge is 0.339 e. The number of carbonyl (C=O) groups is 1. The van der Waals surface area contributed by atoms with E-state index in [4.69, 9.17) is 16.7 Å². The maximum atomic E-state index is 12.9. The molecule has 1 aromatic heterocycles. The predicted octanol–water partition coefficient (Wildman–Crippen LogP) is 3.91. The Hall–Kier alpha value is -2.37. The van der Waals surface area contributed by atoms with Gasteiger partial charge in [-0.15, -0.1) is 0 Å². The summed E-state index contributed by atoms with van der Waals surface area (Å²) < 4.78 is 1.81. The number of amides is 1. The smallest absolute Gasteiger partial charge is 0.244 e. The molecule has 0 bridgehead atoms. The summed E-state index contributed by atoms with van der Waals surface area (Å²) in [6.45, 7) is 7.02. The van der Waals surface area contributed by atoms with Crippen LogP contribution in [0.15, 0.2) is 48.5 Å². The molecular weight excluding hydrogens is 372 g/mol. The summed E-state index contributed by atoms with van der Waals surface area (Å²) in [5.74, 6) is 0.120. The zero-order valence-electron chi connectivity index (χ0n) is 16.1. The number of hydrogen-bond acceptors (Lipinski definition) is 3. The van der Waals surface area contributed by atoms with Crippen molar-refractivity contribution < 1.29 is 4.79 Å². The Balaban J connectivity index is 1.58. The van der Waals surface area contributed by atoms with Gasteiger partial charge in [0.25, 0.3) is 0 Å². The predicted molar refractivity (Wildman–Crippen MR) is 113 cm³/mol. The van der Waals surface area contributed by atoms with E-state index in [0.717, 1.165) is 61.3 Å². The lowest BCUT2D eigenvalue weighted by molar-refractivity contribution is -0.133. The maximum absolute atomic E-state index is 12.9. The zero-order valence-corrected chi connectivity index (χ0v) is 16.9. The molecule has 0 N–H and O–H groups in total. The Morgan fingerprint density at radius 2 is 1.82 bits per heavy atom. The van der Waals surface area contributed by atoms with Crippen LogP contribution in [0.2, 0.25) is 5.02 Å². The summed E-state index contributed by atoms with van der Waals surface area (Å²) in [5.41, 5.74) is 2.81. The van der Waals surface area contributed by atoms with E-state index in [1.807, 2.05) is 58.1 Å². The molecule has 0 aliphatic carbocycles. The molecule has 146 valence electrons. The molecule has 0 unspecified atom stereocenters. The van der Waals surface area contributed by atoms with Gasteiger partial charge < -0.3 is 4.90 Å². The van der Waals surface area contributed by atoms with Crippen molar-refractivity contribution in [3.8, 4) is 11.3 Å². The van der Waals surface area contributed by atoms with Gasteiger partial charge in [-0.3, -0.25) is 14.4 Å². The Bertz CT molecular complexity index is 961. The molecule has 4 rings (SSSR count). The highest BCUT2D eigenvalue weighted by atomic mass is 35.5. The summed E-state index contributed by atoms with van der Waals surface area (Å²) in [4.78, 5) is 17.3. The standard InChI is InChI=1S/C22H25ClN4O/c1-2-10-25-11-13-26(14-12-25)21(28)16-27-20-9-8-18(23)15-19(20)22(24-27)17-6-4-3-5-7-17/h3-9,15H,2,10-14,16H2,1H3. The van der Waals surface area contributed by atoms with Crippen molar-refractivity contribution in [3.05, 3.63) is 53.6 Å². The second-order valence-corrected chi connectivity index (χ2v) is 7.69. The highest BCUT2D eigenvalue weighted by Gasteiger charge is 2.22. The fourth-order valence-electron chi connectivity index (χ4n) is 3.85. The first-order valence-corrected chi connectivity index (χ1v) is 10.2. The first-order valence-electron chi connectivity index (χ1n) is 9.87. The molecule has 28 heavy (non-hydrogen) atoms. The minimum atomic E-state index is 0.120. The van der Waals surface area contributed by atoms with Crippen molar-refractivity contribution >= 4 is 28.4 Å². The van der Waals surface area contributed by atoms with Crippen LogP contribution in [-0.4, -0.2) is 58.2 Å². The van der Waals surface area contributed by atoms with Crippen molar-refractivity contribution in [1.29, 1.82) is 0 Å². The number of carbonyl (C=O) groups excluding carboxylic acids is 1. The average molecular weight is 397 g/mol. The summed E-state index contributed by atoms with van der Waals surface area (Å²) in [6.07, 6.45) is 1.15. The van der Waals surface area contributed by atoms with Crippen LogP contribution in [0.25, 0.3) is 22.2 Å². The molecular formula is C22H25ClN4O. The van der Waals surface area contributed by atoms with Crippen LogP contribution in [0, 0.1) is 0 Å². The quantitative estimate of drug-likeness (QED) is 0.656. The highest BCUT2D eigenvalue weighted by molar-refractivity contribution is 6.31. The Morgan fingerprint density at radius 1 is 1.07 bits per heavy atom. The SMILES string of the molecule is CCCN1CCN(C(=O)Cn2nc(-c3ccccc3)c3cc(Cl)ccc32)CC1. The molecule has 1 amide bonds. The van der Waals surface area contributed by atoms with E-state index in [2.05, 4.69) is 11.8 Å². The van der Waals surface area contributed by atoms with Gasteiger partial charge in [0.2, 0.25) is 5.91 Å². The third-order valence-electron chi connectivity index (χ3n) is 5.31. The number of fused-ring (bicyclic) bond motifs is 1. The molecule has 0 spiro atoms. The van der Waals surface area contributed by atoms with Crippen molar-refractivity contribution in [2.75, 3.05) is 32.7 Å². The van der Waals surface area contributed by atoms with Crippen LogP contribution in [0.3, 0.4) is 0 Å². The minimum absolute atomic E-state index is 0.120. The molecule has 1 aliphatic rings. The molecule has 1 saturated heterocycles. The maximum Gasteiger partial charge on any atom is 0.244 e. The van der Waals surface area contributed by atoms with Gasteiger partial charge in [0.1, 0.15) is 12.2 Å². The van der Waals surface area contributed by atoms with Gasteiger partial charge in [-0.05, 0) is 31.2 Å². The number of rotatable bonds is 5. The average Bonchev–Trinajstić information content (AvgIpc) is 3.07. The lowest BCUT2D eigenvalue weighted by Gasteiger charge is -2.34. The Morgan fingerprint density at radius 3 is 2.54 bits per heavy atom. The van der Waals surface area contributed by atoms with Crippen molar-refractivity contribution in [1.82, 2.24) is 19.6 Å². The lowest BCUT2D eigenvalue weighted by atomic mass is 10.1. The molecule has 6 heteroatoms. The summed E-state index contributed by atoms with van der Waals surface area (Å²) in [5, 5.41) is 6.42. The van der Waals surface area contributed by atoms with E-state index in [1.165, 1.54) is 0 Å². The summed E-state index contributed by atoms with van der Waals surface area (Å²) in [6, 6.07) is 15.8. The second kappa shape index (κ2) is 8.33. The van der Waals surface area contributed by atoms with E-state index in [-0.39, 0.29) is 12.5 Å². The van der Waals surface area contributed by atoms with Crippen LogP contribution in [0.1, 0.15) is 13.3 Å². The van der Waals surface area contributed by atoms with Crippen molar-refractivity contribution in [2.45, 2.75) is 19.9 Å². The van der Waals surface area contributed by atoms with E-state index >= 15 is 0 Å². The normalized spacial score (nSPS) is 15.3. The van der Waals surface area contributed by atoms with Gasteiger partial charge in [-0.25, -0.2) is 0 Å². The van der Waals surface area contributed by atoms with Crippen LogP contribution in [0.5, 0.6) is 0 Å². The number of hydrogen-bond donors (Lipinski definition) is 0. The van der Waals surface area contributed by atoms with Gasteiger partial charge >= 0.3 is 0 Å². The second-order valence-electron chi connectivity index (χ2n) is 7.26. The topological polar surface area (TPSA) is 41.4 Å². The molecule has 0 saturated carbocycles. The van der Waals surface area contributed by atoms with E-state index in [1.54, 1.807) is 0 Å². The third-order valence-corrected chi connectivity index (χ3v) is 5.54. The highest BCUT2D eigenvalue weighted by Crippen LogP contribution is 2.30. The number of halogens is 1. The Kier molecular flexibility index (Phi) is 5.64. The third kappa shape index (κ3) is 3.91. The van der Waals surface area contributed by atoms with E-state index < -0.39 is 0 Å². The van der Waals surface area contributed by atoms with Crippen LogP contribution < -0.4 is 0 Å². The van der Waals surface area contributed by atoms with Gasteiger partial charge in [0, 0.05) is 42.2 Å². The van der Waals surface area contributed by atoms with Gasteiger partial charge in [0.05, 0.1) is 5.52 Å². The van der Waals surface area contributed by atoms with Crippen LogP contribution in [0.4, 0.5) is 0 Å². The van der Waals surface area contributed by atoms with Crippen molar-refractivity contribution in [2.24, 2.45) is 0 Å². The van der Waals surface area contributed by atoms with Gasteiger partial charge in [-0.1, -0.05) is 48.9 Å². The van der Waals surface area contributed by atoms with Crippen LogP contribution >= 0.6 is 11.6 Å². The molecule has 5 nitrogen and oxygen atoms in total. The zero-order chi connectivity index (χ0) is 19.5. The molecule has 0 atom stereocenters. The molecule has 1 aliphatic heterocycles. The van der Waals surface area contributed by atoms with Gasteiger partial charge in [-0.2, -0.15) is 5.10 Å². The van der Waals surface area contributed by atoms with E-state index in [0.29, 0.717) is 5.02 Å². The number of piperazine rings is 1. The fourth-order valence-corrected chi connectivity index (χ4v) is 4.02. The first kappa shape index (κ1) is 19.0. The Labute approximate surface area is 170 Å². The number of nitrogens with zero attached hydrogens (tertiary/aromatic N) is 4. The summed E-state index contributed by atoms with van der Waals surface area (Å²) in [7, 11) is 0. The summed E-state index contributed by atoms with van der Waals surface area (Å²) >= 11 is 6.24. The molecule has 2 heterocycles. The lowest BCUT2D eigenvalue weighted by Crippen LogP contribution is -2.49. The van der Waals surface area contributed by atoms with Crippen molar-refractivity contribution in [3.63, 3.8) is 0 Å². The monoisotopic (exact) mass is 396 g/mol. The van der Waals surface area contributed by atoms with Gasteiger partial charge in [0.15, 0.2) is 0 Å². The molecule has 2 aromatic carbocycles.